The van der Waals surface area contributed by atoms with E-state index in [1.807, 2.05) is 0 Å². The Bertz CT molecular complexity index is 1190. The summed E-state index contributed by atoms with van der Waals surface area (Å²) in [6, 6.07) is 3.13. The van der Waals surface area contributed by atoms with Crippen molar-refractivity contribution >= 4 is 5.97 Å². The van der Waals surface area contributed by atoms with E-state index in [4.69, 9.17) is 14.2 Å². The van der Waals surface area contributed by atoms with Crippen LogP contribution in [0.3, 0.4) is 0 Å². The number of ether oxygens (including phenoxy) is 3. The molecule has 4 aliphatic carbocycles. The fourth-order valence-electron chi connectivity index (χ4n) is 9.73. The lowest BCUT2D eigenvalue weighted by molar-refractivity contribution is -0.383. The predicted molar refractivity (Wildman–Crippen MR) is 123 cm³/mol. The quantitative estimate of drug-likeness (QED) is 0.251. The number of aliphatic hydroxyl groups is 5. The van der Waals surface area contributed by atoms with E-state index in [-0.39, 0.29) is 25.0 Å². The number of hydrogen-bond acceptors (Lipinski definition) is 9. The molecule has 2 aliphatic heterocycles. The van der Waals surface area contributed by atoms with Gasteiger partial charge in [-0.25, -0.2) is 4.79 Å². The second-order valence-electron chi connectivity index (χ2n) is 12.2. The smallest absolute Gasteiger partial charge is 0.355 e. The zero-order chi connectivity index (χ0) is 26.5. The van der Waals surface area contributed by atoms with Crippen molar-refractivity contribution in [2.45, 2.75) is 93.0 Å². The third-order valence-corrected chi connectivity index (χ3v) is 11.2. The molecule has 10 heteroatoms. The number of H-pyrrole nitrogens is 1. The maximum Gasteiger partial charge on any atom is 0.355 e. The Kier molecular flexibility index (Phi) is 4.27. The molecule has 10 nitrogen and oxygen atoms in total. The highest BCUT2D eigenvalue weighted by Gasteiger charge is 3.10. The number of hydrogen-bond donors (Lipinski definition) is 6. The van der Waals surface area contributed by atoms with Crippen molar-refractivity contribution in [2.24, 2.45) is 16.7 Å². The zero-order valence-electron chi connectivity index (χ0n) is 21.2. The molecule has 4 saturated carbocycles. The van der Waals surface area contributed by atoms with Gasteiger partial charge in [-0.05, 0) is 43.4 Å². The van der Waals surface area contributed by atoms with Gasteiger partial charge in [-0.1, -0.05) is 27.4 Å². The summed E-state index contributed by atoms with van der Waals surface area (Å²) >= 11 is 0. The topological polar surface area (TPSA) is 162 Å². The highest BCUT2D eigenvalue weighted by atomic mass is 16.7. The van der Waals surface area contributed by atoms with Gasteiger partial charge in [-0.3, -0.25) is 0 Å². The molecule has 0 radical (unpaired) electrons. The SMILES string of the molecule is C=C1CC[C@]2(O)[C@]3(C)C[C@]4(O)O[C@@]2([C@@H]1O)[C@]1(O)[C@@]3(OC)C(OC(=O)c2ccc[nH]2)[C@](O)(C(C)C)[C@@]14C. The summed E-state index contributed by atoms with van der Waals surface area (Å²) < 4.78 is 18.5. The van der Waals surface area contributed by atoms with Gasteiger partial charge < -0.3 is 44.7 Å². The number of rotatable bonds is 4. The van der Waals surface area contributed by atoms with E-state index in [9.17, 15) is 30.3 Å². The monoisotopic (exact) mass is 505 g/mol. The first-order chi connectivity index (χ1) is 16.6. The second-order valence-corrected chi connectivity index (χ2v) is 12.2. The summed E-state index contributed by atoms with van der Waals surface area (Å²) in [5.74, 6) is -3.71. The van der Waals surface area contributed by atoms with Crippen LogP contribution in [0.25, 0.3) is 0 Å². The van der Waals surface area contributed by atoms with Crippen LogP contribution < -0.4 is 0 Å². The van der Waals surface area contributed by atoms with E-state index in [1.54, 1.807) is 33.0 Å². The summed E-state index contributed by atoms with van der Waals surface area (Å²) in [7, 11) is 1.32. The molecule has 0 aromatic carbocycles. The van der Waals surface area contributed by atoms with Crippen molar-refractivity contribution in [1.29, 1.82) is 0 Å². The summed E-state index contributed by atoms with van der Waals surface area (Å²) in [5, 5.41) is 62.0. The molecule has 1 aromatic rings. The van der Waals surface area contributed by atoms with Gasteiger partial charge in [0.2, 0.25) is 0 Å². The number of aromatic amines is 1. The van der Waals surface area contributed by atoms with Crippen LogP contribution in [0, 0.1) is 16.7 Å². The van der Waals surface area contributed by atoms with Crippen molar-refractivity contribution in [3.05, 3.63) is 36.2 Å². The number of methoxy groups -OCH3 is 1. The Morgan fingerprint density at radius 1 is 1.25 bits per heavy atom. The van der Waals surface area contributed by atoms with Crippen LogP contribution in [0.2, 0.25) is 0 Å². The fourth-order valence-corrected chi connectivity index (χ4v) is 9.73. The fraction of sp³-hybridized carbons (Fsp3) is 0.731. The van der Waals surface area contributed by atoms with Gasteiger partial charge in [0, 0.05) is 25.1 Å². The van der Waals surface area contributed by atoms with Gasteiger partial charge in [0.25, 0.3) is 0 Å². The van der Waals surface area contributed by atoms with E-state index >= 15 is 0 Å². The molecular formula is C26H35NO9. The molecule has 3 heterocycles. The molecule has 6 bridgehead atoms. The van der Waals surface area contributed by atoms with Gasteiger partial charge in [-0.15, -0.1) is 0 Å². The first-order valence-corrected chi connectivity index (χ1v) is 12.4. The van der Waals surface area contributed by atoms with E-state index in [2.05, 4.69) is 11.6 Å². The average molecular weight is 506 g/mol. The molecular weight excluding hydrogens is 470 g/mol. The molecule has 1 aromatic heterocycles. The lowest BCUT2D eigenvalue weighted by Gasteiger charge is -2.60. The van der Waals surface area contributed by atoms with Crippen LogP contribution in [-0.2, 0) is 14.2 Å². The first kappa shape index (κ1) is 24.5. The zero-order valence-corrected chi connectivity index (χ0v) is 21.2. The van der Waals surface area contributed by atoms with Gasteiger partial charge in [-0.2, -0.15) is 0 Å². The van der Waals surface area contributed by atoms with Crippen molar-refractivity contribution < 1.29 is 44.5 Å². The summed E-state index contributed by atoms with van der Waals surface area (Å²) in [6.45, 7) is 10.4. The third-order valence-electron chi connectivity index (χ3n) is 11.2. The molecule has 198 valence electrons. The molecule has 7 rings (SSSR count). The van der Waals surface area contributed by atoms with E-state index in [0.29, 0.717) is 5.57 Å². The Morgan fingerprint density at radius 2 is 1.92 bits per heavy atom. The molecule has 1 spiro atoms. The number of esters is 1. The molecule has 6 fully saturated rings. The molecule has 6 N–H and O–H groups in total. The van der Waals surface area contributed by atoms with Crippen LogP contribution >= 0.6 is 0 Å². The Labute approximate surface area is 208 Å². The highest BCUT2D eigenvalue weighted by molar-refractivity contribution is 5.87. The number of nitrogens with one attached hydrogen (secondary N) is 1. The summed E-state index contributed by atoms with van der Waals surface area (Å²) in [4.78, 5) is 16.1. The Balaban J connectivity index is 1.73. The number of carbonyl (C=O) groups is 1. The van der Waals surface area contributed by atoms with Crippen molar-refractivity contribution in [3.63, 3.8) is 0 Å². The van der Waals surface area contributed by atoms with Gasteiger partial charge in [0.05, 0.1) is 5.41 Å². The van der Waals surface area contributed by atoms with Crippen LogP contribution in [0.15, 0.2) is 30.5 Å². The minimum Gasteiger partial charge on any atom is -0.451 e. The molecule has 1 unspecified atom stereocenters. The van der Waals surface area contributed by atoms with Crippen LogP contribution in [0.1, 0.15) is 57.4 Å². The Hall–Kier alpha value is -1.79. The molecule has 36 heavy (non-hydrogen) atoms. The summed E-state index contributed by atoms with van der Waals surface area (Å²) in [5.41, 5.74) is -13.7. The first-order valence-electron chi connectivity index (χ1n) is 12.4. The van der Waals surface area contributed by atoms with E-state index in [0.717, 1.165) is 0 Å². The molecule has 6 aliphatic rings. The maximum absolute atomic E-state index is 13.3. The standard InChI is InChI=1S/C26H35NO9/c1-13(2)23(32)18(35-17(29)15-8-7-11-27-15)25(34-6)19(4)12-22(31)20(23,5)26(25,33)24(36-22)16(28)14(3)9-10-21(19,24)30/h7-8,11,13,16,18,27-28,30-33H,3,9-10,12H2,1-2,4-6H3/t16-,18?,19+,20+,21+,22+,23-,24-,25-,26+/m1/s1. The van der Waals surface area contributed by atoms with Crippen LogP contribution in [0.5, 0.6) is 0 Å². The predicted octanol–water partition coefficient (Wildman–Crippen LogP) is 0.387. The average Bonchev–Trinajstić information content (AvgIpc) is 3.44. The van der Waals surface area contributed by atoms with E-state index < -0.39 is 68.7 Å². The van der Waals surface area contributed by atoms with Gasteiger partial charge in [0.15, 0.2) is 17.5 Å². The van der Waals surface area contributed by atoms with Crippen LogP contribution in [0.4, 0.5) is 0 Å². The highest BCUT2D eigenvalue weighted by Crippen LogP contribution is 2.91. The largest absolute Gasteiger partial charge is 0.451 e. The van der Waals surface area contributed by atoms with E-state index in [1.165, 1.54) is 20.1 Å². The minimum absolute atomic E-state index is 0.0520. The normalized spacial score (nSPS) is 56.5. The Morgan fingerprint density at radius 3 is 2.47 bits per heavy atom. The molecule has 2 saturated heterocycles. The lowest BCUT2D eigenvalue weighted by atomic mass is 9.52. The number of aromatic nitrogens is 1. The van der Waals surface area contributed by atoms with Crippen molar-refractivity contribution in [2.75, 3.05) is 7.11 Å². The molecule has 0 amide bonds. The third kappa shape index (κ3) is 1.74. The van der Waals surface area contributed by atoms with Crippen molar-refractivity contribution in [1.82, 2.24) is 4.98 Å². The summed E-state index contributed by atoms with van der Waals surface area (Å²) in [6.07, 6.45) is -1.55. The minimum atomic E-state index is -2.42. The van der Waals surface area contributed by atoms with Crippen LogP contribution in [-0.4, -0.2) is 89.6 Å². The van der Waals surface area contributed by atoms with Gasteiger partial charge >= 0.3 is 5.97 Å². The molecule has 10 atom stereocenters. The maximum atomic E-state index is 13.3. The second kappa shape index (κ2) is 6.26. The van der Waals surface area contributed by atoms with Gasteiger partial charge in [0.1, 0.15) is 34.2 Å². The number of aliphatic hydroxyl groups excluding tert-OH is 1. The lowest BCUT2D eigenvalue weighted by Crippen LogP contribution is -2.74. The van der Waals surface area contributed by atoms with Crippen molar-refractivity contribution in [3.8, 4) is 0 Å². The number of carbonyl (C=O) groups excluding carboxylic acids is 1.